The standard InChI is InChI=1S/C10H13F3N2O2S/c1-17-4-2-3-6(14)8(16)7-5-15-9(18-7)10(11,12)13/h5-6H,2-4,14H2,1H3. The van der Waals surface area contributed by atoms with Crippen molar-refractivity contribution in [3.8, 4) is 0 Å². The molecular weight excluding hydrogens is 269 g/mol. The van der Waals surface area contributed by atoms with Gasteiger partial charge in [-0.25, -0.2) is 4.98 Å². The number of nitrogens with two attached hydrogens (primary N) is 1. The predicted octanol–water partition coefficient (Wildman–Crippen LogP) is 2.10. The summed E-state index contributed by atoms with van der Waals surface area (Å²) >= 11 is 0.319. The molecule has 0 spiro atoms. The van der Waals surface area contributed by atoms with E-state index in [0.717, 1.165) is 6.20 Å². The summed E-state index contributed by atoms with van der Waals surface area (Å²) in [5.41, 5.74) is 5.60. The lowest BCUT2D eigenvalue weighted by atomic mass is 10.1. The van der Waals surface area contributed by atoms with Crippen molar-refractivity contribution in [1.29, 1.82) is 0 Å². The lowest BCUT2D eigenvalue weighted by molar-refractivity contribution is -0.137. The monoisotopic (exact) mass is 282 g/mol. The Labute approximate surface area is 106 Å². The molecule has 1 aromatic heterocycles. The van der Waals surface area contributed by atoms with E-state index in [1.807, 2.05) is 0 Å². The Bertz CT molecular complexity index is 406. The number of ketones is 1. The molecule has 0 aliphatic carbocycles. The van der Waals surface area contributed by atoms with Crippen LogP contribution in [0.1, 0.15) is 27.5 Å². The largest absolute Gasteiger partial charge is 0.443 e. The number of carbonyl (C=O) groups excluding carboxylic acids is 1. The minimum Gasteiger partial charge on any atom is -0.385 e. The van der Waals surface area contributed by atoms with Gasteiger partial charge in [0.2, 0.25) is 0 Å². The van der Waals surface area contributed by atoms with E-state index in [1.165, 1.54) is 7.11 Å². The molecule has 2 N–H and O–H groups in total. The van der Waals surface area contributed by atoms with Gasteiger partial charge in [-0.3, -0.25) is 4.79 Å². The summed E-state index contributed by atoms with van der Waals surface area (Å²) in [5, 5.41) is -1.03. The summed E-state index contributed by atoms with van der Waals surface area (Å²) in [6.07, 6.45) is -2.66. The summed E-state index contributed by atoms with van der Waals surface area (Å²) in [6, 6.07) is -0.818. The third-order valence-electron chi connectivity index (χ3n) is 2.19. The number of ether oxygens (including phenoxy) is 1. The van der Waals surface area contributed by atoms with Crippen molar-refractivity contribution in [2.24, 2.45) is 5.73 Å². The summed E-state index contributed by atoms with van der Waals surface area (Å²) in [6.45, 7) is 0.456. The number of nitrogens with zero attached hydrogens (tertiary/aromatic N) is 1. The van der Waals surface area contributed by atoms with Gasteiger partial charge in [0.15, 0.2) is 10.8 Å². The number of hydrogen-bond donors (Lipinski definition) is 1. The molecule has 102 valence electrons. The zero-order chi connectivity index (χ0) is 13.8. The molecule has 0 saturated carbocycles. The van der Waals surface area contributed by atoms with Gasteiger partial charge >= 0.3 is 6.18 Å². The van der Waals surface area contributed by atoms with Crippen LogP contribution in [0.4, 0.5) is 13.2 Å². The molecule has 1 heterocycles. The van der Waals surface area contributed by atoms with E-state index in [2.05, 4.69) is 4.98 Å². The molecule has 0 amide bonds. The van der Waals surface area contributed by atoms with Crippen molar-refractivity contribution < 1.29 is 22.7 Å². The van der Waals surface area contributed by atoms with Gasteiger partial charge in [0.1, 0.15) is 0 Å². The average Bonchev–Trinajstić information content (AvgIpc) is 2.77. The van der Waals surface area contributed by atoms with E-state index in [1.54, 1.807) is 0 Å². The van der Waals surface area contributed by atoms with Gasteiger partial charge in [-0.15, -0.1) is 11.3 Å². The number of halogens is 3. The second-order valence-electron chi connectivity index (χ2n) is 3.63. The summed E-state index contributed by atoms with van der Waals surface area (Å²) in [4.78, 5) is 14.8. The fourth-order valence-electron chi connectivity index (χ4n) is 1.28. The third kappa shape index (κ3) is 4.04. The van der Waals surface area contributed by atoms with Crippen LogP contribution in [0.15, 0.2) is 6.20 Å². The van der Waals surface area contributed by atoms with Crippen molar-refractivity contribution in [3.05, 3.63) is 16.1 Å². The number of Topliss-reactive ketones (excluding diaryl/α,β-unsaturated/α-hetero) is 1. The molecule has 0 saturated heterocycles. The molecule has 0 aliphatic rings. The van der Waals surface area contributed by atoms with Gasteiger partial charge in [0, 0.05) is 19.9 Å². The van der Waals surface area contributed by atoms with Crippen LogP contribution in [0.2, 0.25) is 0 Å². The number of hydrogen-bond acceptors (Lipinski definition) is 5. The number of rotatable bonds is 6. The van der Waals surface area contributed by atoms with Gasteiger partial charge in [0.05, 0.1) is 10.9 Å². The molecule has 1 unspecified atom stereocenters. The molecule has 8 heteroatoms. The van der Waals surface area contributed by atoms with Crippen LogP contribution in [0.25, 0.3) is 0 Å². The van der Waals surface area contributed by atoms with Crippen LogP contribution >= 0.6 is 11.3 Å². The maximum absolute atomic E-state index is 12.3. The Balaban J connectivity index is 2.64. The lowest BCUT2D eigenvalue weighted by Gasteiger charge is -2.08. The van der Waals surface area contributed by atoms with E-state index in [-0.39, 0.29) is 4.88 Å². The minimum atomic E-state index is -4.52. The highest BCUT2D eigenvalue weighted by atomic mass is 32.1. The van der Waals surface area contributed by atoms with Crippen molar-refractivity contribution in [1.82, 2.24) is 4.98 Å². The summed E-state index contributed by atoms with van der Waals surface area (Å²) in [7, 11) is 1.52. The molecule has 18 heavy (non-hydrogen) atoms. The lowest BCUT2D eigenvalue weighted by Crippen LogP contribution is -2.30. The highest BCUT2D eigenvalue weighted by Crippen LogP contribution is 2.32. The van der Waals surface area contributed by atoms with Crippen molar-refractivity contribution in [3.63, 3.8) is 0 Å². The molecule has 0 aliphatic heterocycles. The van der Waals surface area contributed by atoms with Crippen molar-refractivity contribution in [2.75, 3.05) is 13.7 Å². The van der Waals surface area contributed by atoms with Gasteiger partial charge in [-0.05, 0) is 12.8 Å². The second-order valence-corrected chi connectivity index (χ2v) is 4.66. The average molecular weight is 282 g/mol. The highest BCUT2D eigenvalue weighted by Gasteiger charge is 2.35. The molecular formula is C10H13F3N2O2S. The third-order valence-corrected chi connectivity index (χ3v) is 3.25. The number of methoxy groups -OCH3 is 1. The molecule has 0 radical (unpaired) electrons. The second kappa shape index (κ2) is 6.26. The normalized spacial score (nSPS) is 13.6. The predicted molar refractivity (Wildman–Crippen MR) is 60.5 cm³/mol. The topological polar surface area (TPSA) is 65.2 Å². The molecule has 0 bridgehead atoms. The van der Waals surface area contributed by atoms with Crippen LogP contribution in [-0.2, 0) is 10.9 Å². The maximum Gasteiger partial charge on any atom is 0.443 e. The van der Waals surface area contributed by atoms with Crippen LogP contribution in [0.5, 0.6) is 0 Å². The minimum absolute atomic E-state index is 0.0627. The SMILES string of the molecule is COCCCC(N)C(=O)c1cnc(C(F)(F)F)s1. The highest BCUT2D eigenvalue weighted by molar-refractivity contribution is 7.13. The maximum atomic E-state index is 12.3. The Morgan fingerprint density at radius 1 is 1.61 bits per heavy atom. The number of thiazole rings is 1. The van der Waals surface area contributed by atoms with E-state index in [0.29, 0.717) is 30.8 Å². The smallest absolute Gasteiger partial charge is 0.385 e. The number of aromatic nitrogens is 1. The van der Waals surface area contributed by atoms with Crippen molar-refractivity contribution >= 4 is 17.1 Å². The zero-order valence-corrected chi connectivity index (χ0v) is 10.5. The number of carbonyl (C=O) groups is 1. The van der Waals surface area contributed by atoms with E-state index < -0.39 is 23.0 Å². The van der Waals surface area contributed by atoms with Crippen LogP contribution in [-0.4, -0.2) is 30.5 Å². The van der Waals surface area contributed by atoms with Gasteiger partial charge in [-0.2, -0.15) is 13.2 Å². The van der Waals surface area contributed by atoms with Crippen LogP contribution in [0.3, 0.4) is 0 Å². The molecule has 1 aromatic rings. The van der Waals surface area contributed by atoms with E-state index >= 15 is 0 Å². The van der Waals surface area contributed by atoms with E-state index in [9.17, 15) is 18.0 Å². The van der Waals surface area contributed by atoms with E-state index in [4.69, 9.17) is 10.5 Å². The fraction of sp³-hybridized carbons (Fsp3) is 0.600. The van der Waals surface area contributed by atoms with Gasteiger partial charge in [-0.1, -0.05) is 0 Å². The number of alkyl halides is 3. The first-order valence-electron chi connectivity index (χ1n) is 5.18. The Morgan fingerprint density at radius 3 is 2.78 bits per heavy atom. The van der Waals surface area contributed by atoms with Crippen molar-refractivity contribution in [2.45, 2.75) is 25.1 Å². The van der Waals surface area contributed by atoms with Crippen LogP contribution < -0.4 is 5.73 Å². The Hall–Kier alpha value is -0.990. The molecule has 1 rings (SSSR count). The van der Waals surface area contributed by atoms with Gasteiger partial charge < -0.3 is 10.5 Å². The quantitative estimate of drug-likeness (QED) is 0.641. The van der Waals surface area contributed by atoms with Crippen LogP contribution in [0, 0.1) is 0 Å². The first kappa shape index (κ1) is 15.1. The fourth-order valence-corrected chi connectivity index (χ4v) is 2.07. The first-order chi connectivity index (χ1) is 8.36. The first-order valence-corrected chi connectivity index (χ1v) is 5.99. The molecule has 4 nitrogen and oxygen atoms in total. The van der Waals surface area contributed by atoms with Gasteiger partial charge in [0.25, 0.3) is 0 Å². The summed E-state index contributed by atoms with van der Waals surface area (Å²) in [5.74, 6) is -0.515. The Morgan fingerprint density at radius 2 is 2.28 bits per heavy atom. The Kier molecular flexibility index (Phi) is 5.24. The molecule has 0 fully saturated rings. The molecule has 0 aromatic carbocycles. The summed E-state index contributed by atoms with van der Waals surface area (Å²) < 4.78 is 41.7. The molecule has 1 atom stereocenters. The zero-order valence-electron chi connectivity index (χ0n) is 9.66.